The van der Waals surface area contributed by atoms with Crippen LogP contribution in [-0.4, -0.2) is 18.0 Å². The molecule has 26 heavy (non-hydrogen) atoms. The molecule has 0 unspecified atom stereocenters. The van der Waals surface area contributed by atoms with E-state index in [0.29, 0.717) is 21.2 Å². The minimum Gasteiger partial charge on any atom is -0.449 e. The van der Waals surface area contributed by atoms with Crippen molar-refractivity contribution in [2.24, 2.45) is 0 Å². The predicted molar refractivity (Wildman–Crippen MR) is 99.1 cm³/mol. The van der Waals surface area contributed by atoms with Crippen molar-refractivity contribution in [1.82, 2.24) is 5.32 Å². The molecule has 0 aliphatic rings. The van der Waals surface area contributed by atoms with Gasteiger partial charge in [-0.1, -0.05) is 35.3 Å². The molecule has 2 aromatic rings. The maximum atomic E-state index is 12.3. The second kappa shape index (κ2) is 8.70. The van der Waals surface area contributed by atoms with Crippen molar-refractivity contribution < 1.29 is 14.3 Å². The van der Waals surface area contributed by atoms with Crippen LogP contribution in [0.2, 0.25) is 10.0 Å². The quantitative estimate of drug-likeness (QED) is 0.772. The Balaban J connectivity index is 2.00. The molecule has 0 heterocycles. The van der Waals surface area contributed by atoms with Gasteiger partial charge in [-0.3, -0.25) is 4.79 Å². The second-order valence-corrected chi connectivity index (χ2v) is 6.48. The zero-order chi connectivity index (χ0) is 19.3. The first-order valence-corrected chi connectivity index (χ1v) is 8.54. The minimum absolute atomic E-state index is 0.206. The molecule has 0 fully saturated rings. The first kappa shape index (κ1) is 19.8. The van der Waals surface area contributed by atoms with Crippen LogP contribution in [0.3, 0.4) is 0 Å². The van der Waals surface area contributed by atoms with Crippen LogP contribution in [0.1, 0.15) is 41.4 Å². The average Bonchev–Trinajstić information content (AvgIpc) is 2.61. The lowest BCUT2D eigenvalue weighted by molar-refractivity contribution is -0.129. The number of nitrogens with one attached hydrogen (secondary N) is 1. The summed E-state index contributed by atoms with van der Waals surface area (Å²) in [6, 6.07) is 12.6. The van der Waals surface area contributed by atoms with Gasteiger partial charge in [-0.15, -0.1) is 0 Å². The maximum Gasteiger partial charge on any atom is 0.338 e. The predicted octanol–water partition coefficient (Wildman–Crippen LogP) is 4.29. The highest BCUT2D eigenvalue weighted by molar-refractivity contribution is 6.35. The van der Waals surface area contributed by atoms with Crippen LogP contribution in [0.5, 0.6) is 0 Å². The fraction of sp³-hybridized carbons (Fsp3) is 0.211. The van der Waals surface area contributed by atoms with E-state index in [1.165, 1.54) is 19.1 Å². The smallest absolute Gasteiger partial charge is 0.338 e. The van der Waals surface area contributed by atoms with E-state index in [1.807, 2.05) is 6.07 Å². The van der Waals surface area contributed by atoms with Gasteiger partial charge in [-0.2, -0.15) is 5.26 Å². The molecule has 0 aromatic heterocycles. The Morgan fingerprint density at radius 3 is 2.54 bits per heavy atom. The molecule has 1 amide bonds. The number of nitrogens with zero attached hydrogens (tertiary/aromatic N) is 1. The van der Waals surface area contributed by atoms with E-state index in [-0.39, 0.29) is 5.56 Å². The molecule has 134 valence electrons. The molecule has 0 saturated heterocycles. The van der Waals surface area contributed by atoms with Crippen LogP contribution in [0.4, 0.5) is 0 Å². The number of hydrogen-bond acceptors (Lipinski definition) is 4. The Hall–Kier alpha value is -2.55. The maximum absolute atomic E-state index is 12.3. The molecule has 0 bridgehead atoms. The number of ether oxygens (including phenoxy) is 1. The Labute approximate surface area is 161 Å². The van der Waals surface area contributed by atoms with Crippen molar-refractivity contribution in [3.8, 4) is 6.07 Å². The molecule has 0 spiro atoms. The van der Waals surface area contributed by atoms with Gasteiger partial charge < -0.3 is 10.1 Å². The topological polar surface area (TPSA) is 79.2 Å². The number of amides is 1. The van der Waals surface area contributed by atoms with E-state index in [4.69, 9.17) is 33.2 Å². The third-order valence-corrected chi connectivity index (χ3v) is 4.23. The lowest BCUT2D eigenvalue weighted by Crippen LogP contribution is -2.37. The summed E-state index contributed by atoms with van der Waals surface area (Å²) in [5.74, 6) is -1.14. The molecule has 2 aromatic carbocycles. The lowest BCUT2D eigenvalue weighted by atomic mass is 10.1. The average molecular weight is 391 g/mol. The van der Waals surface area contributed by atoms with Crippen LogP contribution < -0.4 is 5.32 Å². The molecule has 0 radical (unpaired) electrons. The minimum atomic E-state index is -1.01. The van der Waals surface area contributed by atoms with Gasteiger partial charge in [0.05, 0.1) is 23.2 Å². The van der Waals surface area contributed by atoms with Gasteiger partial charge in [0.2, 0.25) is 0 Å². The molecule has 2 rings (SSSR count). The van der Waals surface area contributed by atoms with Crippen LogP contribution in [0, 0.1) is 11.3 Å². The normalized spacial score (nSPS) is 12.6. The van der Waals surface area contributed by atoms with E-state index in [2.05, 4.69) is 5.32 Å². The first-order valence-electron chi connectivity index (χ1n) is 7.78. The number of nitriles is 1. The second-order valence-electron chi connectivity index (χ2n) is 5.64. The number of carbonyl (C=O) groups excluding carboxylic acids is 2. The van der Waals surface area contributed by atoms with Crippen LogP contribution in [0.25, 0.3) is 0 Å². The lowest BCUT2D eigenvalue weighted by Gasteiger charge is -2.19. The molecule has 2 atom stereocenters. The van der Waals surface area contributed by atoms with E-state index in [9.17, 15) is 9.59 Å². The summed E-state index contributed by atoms with van der Waals surface area (Å²) in [6.45, 7) is 3.23. The highest BCUT2D eigenvalue weighted by Gasteiger charge is 2.22. The fourth-order valence-electron chi connectivity index (χ4n) is 2.26. The van der Waals surface area contributed by atoms with E-state index in [0.717, 1.165) is 0 Å². The Morgan fingerprint density at radius 2 is 1.88 bits per heavy atom. The van der Waals surface area contributed by atoms with Gasteiger partial charge in [-0.25, -0.2) is 4.79 Å². The Kier molecular flexibility index (Phi) is 6.62. The van der Waals surface area contributed by atoms with Gasteiger partial charge in [0, 0.05) is 10.0 Å². The highest BCUT2D eigenvalue weighted by Crippen LogP contribution is 2.26. The largest absolute Gasteiger partial charge is 0.449 e. The molecular formula is C19H16Cl2N2O3. The highest BCUT2D eigenvalue weighted by atomic mass is 35.5. The van der Waals surface area contributed by atoms with Gasteiger partial charge >= 0.3 is 5.97 Å². The summed E-state index contributed by atoms with van der Waals surface area (Å²) in [5, 5.41) is 12.5. The number of carbonyl (C=O) groups is 2. The molecule has 5 nitrogen and oxygen atoms in total. The van der Waals surface area contributed by atoms with E-state index >= 15 is 0 Å². The summed E-state index contributed by atoms with van der Waals surface area (Å²) in [7, 11) is 0. The van der Waals surface area contributed by atoms with Gasteiger partial charge in [-0.05, 0) is 49.7 Å². The fourth-order valence-corrected chi connectivity index (χ4v) is 2.83. The van der Waals surface area contributed by atoms with E-state index < -0.39 is 24.0 Å². The summed E-state index contributed by atoms with van der Waals surface area (Å²) < 4.78 is 5.17. The third-order valence-electron chi connectivity index (χ3n) is 3.67. The molecule has 0 aliphatic heterocycles. The van der Waals surface area contributed by atoms with E-state index in [1.54, 1.807) is 37.3 Å². The van der Waals surface area contributed by atoms with Gasteiger partial charge in [0.1, 0.15) is 0 Å². The zero-order valence-electron chi connectivity index (χ0n) is 14.1. The summed E-state index contributed by atoms with van der Waals surface area (Å²) in [5.41, 5.74) is 1.24. The molecule has 0 aliphatic carbocycles. The summed E-state index contributed by atoms with van der Waals surface area (Å²) in [4.78, 5) is 24.4. The van der Waals surface area contributed by atoms with Crippen molar-refractivity contribution >= 4 is 35.1 Å². The van der Waals surface area contributed by atoms with Crippen molar-refractivity contribution in [1.29, 1.82) is 5.26 Å². The van der Waals surface area contributed by atoms with Crippen molar-refractivity contribution in [3.05, 3.63) is 69.2 Å². The van der Waals surface area contributed by atoms with Crippen LogP contribution in [-0.2, 0) is 9.53 Å². The number of benzene rings is 2. The monoisotopic (exact) mass is 390 g/mol. The number of rotatable bonds is 5. The van der Waals surface area contributed by atoms with Crippen molar-refractivity contribution in [2.45, 2.75) is 26.0 Å². The number of esters is 1. The van der Waals surface area contributed by atoms with Gasteiger partial charge in [0.25, 0.3) is 5.91 Å². The van der Waals surface area contributed by atoms with Crippen LogP contribution >= 0.6 is 23.2 Å². The molecule has 7 heteroatoms. The van der Waals surface area contributed by atoms with Crippen molar-refractivity contribution in [2.75, 3.05) is 0 Å². The van der Waals surface area contributed by atoms with Crippen LogP contribution in [0.15, 0.2) is 42.5 Å². The number of hydrogen-bond donors (Lipinski definition) is 1. The molecule has 0 saturated carbocycles. The summed E-state index contributed by atoms with van der Waals surface area (Å²) >= 11 is 12.0. The third kappa shape index (κ3) is 4.98. The molecule has 1 N–H and O–H groups in total. The Bertz CT molecular complexity index is 877. The van der Waals surface area contributed by atoms with Gasteiger partial charge in [0.15, 0.2) is 6.10 Å². The number of halogens is 2. The Morgan fingerprint density at radius 1 is 1.15 bits per heavy atom. The standard InChI is InChI=1S/C19H16Cl2N2O3/c1-11(16-7-6-15(20)9-17(16)21)23-18(24)12(2)26-19(25)14-5-3-4-13(8-14)10-22/h3-9,11-12H,1-2H3,(H,23,24)/t11-,12+/m1/s1. The summed E-state index contributed by atoms with van der Waals surface area (Å²) in [6.07, 6.45) is -1.01. The first-order chi connectivity index (χ1) is 12.3. The zero-order valence-corrected chi connectivity index (χ0v) is 15.6. The van der Waals surface area contributed by atoms with Crippen molar-refractivity contribution in [3.63, 3.8) is 0 Å². The SMILES string of the molecule is C[C@H](OC(=O)c1cccc(C#N)c1)C(=O)N[C@H](C)c1ccc(Cl)cc1Cl. The molecular weight excluding hydrogens is 375 g/mol.